The number of carbonyl (C=O) groups excluding carboxylic acids is 3. The summed E-state index contributed by atoms with van der Waals surface area (Å²) < 4.78 is 88.9. The smallest absolute Gasteiger partial charge is 0.329 e. The summed E-state index contributed by atoms with van der Waals surface area (Å²) in [5.41, 5.74) is -1.88. The largest absolute Gasteiger partial charge is 0.453 e. The molecule has 1 spiro atoms. The van der Waals surface area contributed by atoms with Crippen LogP contribution in [0.15, 0.2) is 53.6 Å². The van der Waals surface area contributed by atoms with Crippen LogP contribution in [0.1, 0.15) is 63.0 Å². The molecular formula is C46H48F3N11O9S. The zero-order valence-corrected chi connectivity index (χ0v) is 38.7. The summed E-state index contributed by atoms with van der Waals surface area (Å²) in [4.78, 5) is 61.2. The van der Waals surface area contributed by atoms with Gasteiger partial charge in [0.2, 0.25) is 11.8 Å². The molecule has 70 heavy (non-hydrogen) atoms. The van der Waals surface area contributed by atoms with E-state index in [1.165, 1.54) is 40.1 Å². The summed E-state index contributed by atoms with van der Waals surface area (Å²) in [7, 11) is -2.59. The first-order valence-corrected chi connectivity index (χ1v) is 24.4. The number of rotatable bonds is 10. The number of benzene rings is 3. The Bertz CT molecular complexity index is 3180. The standard InChI is InChI=1S/C46H48F3N11O9S/c1-55-37-20-38(34(49)19-31(37)42(53-55)59-13-7-39(61)52-44(59)64)56-14-8-45(65,9-15-56)22-40(62)57-16-10-46(11-17-57)21-28(25-68-46)60-26-51-35-4-2-29(18-30(35)43(60)63)69-41-32(23-50)36(5-3-33(41)48)54-70(66,67)58-12-6-27(47)24-58/h2-5,18-20,26-28,54,65H,6-17,21-22,24-25H2,1H3,(H,52,61,64)/t27-,28-/m1/s1. The van der Waals surface area contributed by atoms with E-state index in [9.17, 15) is 42.4 Å². The molecule has 0 saturated carbocycles. The van der Waals surface area contributed by atoms with Gasteiger partial charge in [-0.15, -0.1) is 0 Å². The highest BCUT2D eigenvalue weighted by Gasteiger charge is 2.46. The van der Waals surface area contributed by atoms with Crippen molar-refractivity contribution >= 4 is 67.1 Å². The van der Waals surface area contributed by atoms with Gasteiger partial charge >= 0.3 is 16.2 Å². The summed E-state index contributed by atoms with van der Waals surface area (Å²) in [5.74, 6) is -2.46. The van der Waals surface area contributed by atoms with Crippen molar-refractivity contribution in [2.24, 2.45) is 7.05 Å². The molecule has 4 amide bonds. The monoisotopic (exact) mass is 987 g/mol. The van der Waals surface area contributed by atoms with E-state index >= 15 is 8.78 Å². The van der Waals surface area contributed by atoms with Gasteiger partial charge in [0.1, 0.15) is 29.4 Å². The van der Waals surface area contributed by atoms with Gasteiger partial charge in [-0.3, -0.25) is 38.6 Å². The molecule has 7 heterocycles. The summed E-state index contributed by atoms with van der Waals surface area (Å²) in [5, 5.41) is 28.8. The molecule has 10 rings (SSSR count). The normalized spacial score (nSPS) is 21.7. The first-order chi connectivity index (χ1) is 33.4. The number of likely N-dealkylation sites (tertiary alicyclic amines) is 1. The van der Waals surface area contributed by atoms with E-state index in [0.29, 0.717) is 54.5 Å². The van der Waals surface area contributed by atoms with Crippen LogP contribution >= 0.6 is 0 Å². The van der Waals surface area contributed by atoms with Crippen LogP contribution in [0.2, 0.25) is 0 Å². The van der Waals surface area contributed by atoms with E-state index in [4.69, 9.17) is 9.47 Å². The molecule has 2 aromatic heterocycles. The van der Waals surface area contributed by atoms with Gasteiger partial charge in [-0.25, -0.2) is 22.9 Å². The van der Waals surface area contributed by atoms with Crippen LogP contribution in [0.4, 0.5) is 35.2 Å². The van der Waals surface area contributed by atoms with Crippen molar-refractivity contribution in [1.82, 2.24) is 33.9 Å². The molecule has 0 radical (unpaired) electrons. The second kappa shape index (κ2) is 17.9. The predicted octanol–water partition coefficient (Wildman–Crippen LogP) is 4.12. The van der Waals surface area contributed by atoms with Crippen LogP contribution in [0.25, 0.3) is 21.8 Å². The SMILES string of the molecule is Cn1nc(N2CCC(=O)NC2=O)c2cc(F)c(N3CCC(O)(CC(=O)N4CCC5(CC4)C[C@@H](n4cnc6ccc(Oc7c(F)ccc(NS(=O)(=O)N8CC[C@@H](F)C8)c7C#N)cc6c4=O)CO5)CC3)cc21. The maximum Gasteiger partial charge on any atom is 0.329 e. The number of halogens is 3. The Hall–Kier alpha value is -6.81. The number of nitrogens with zero attached hydrogens (tertiary/aromatic N) is 9. The van der Waals surface area contributed by atoms with E-state index in [1.807, 2.05) is 4.90 Å². The highest BCUT2D eigenvalue weighted by molar-refractivity contribution is 7.90. The van der Waals surface area contributed by atoms with Crippen LogP contribution in [-0.2, 0) is 31.6 Å². The lowest BCUT2D eigenvalue weighted by Crippen LogP contribution is -2.51. The van der Waals surface area contributed by atoms with Crippen molar-refractivity contribution in [1.29, 1.82) is 5.26 Å². The van der Waals surface area contributed by atoms with Gasteiger partial charge in [-0.05, 0) is 81.0 Å². The van der Waals surface area contributed by atoms with Crippen LogP contribution < -0.4 is 30.1 Å². The number of nitriles is 1. The number of hydrogen-bond acceptors (Lipinski definition) is 13. The van der Waals surface area contributed by atoms with Gasteiger partial charge in [0, 0.05) is 64.7 Å². The second-order valence-corrected chi connectivity index (χ2v) is 20.3. The third-order valence-corrected chi connectivity index (χ3v) is 15.7. The highest BCUT2D eigenvalue weighted by atomic mass is 32.2. The number of aliphatic hydroxyl groups is 1. The number of alkyl halides is 1. The molecule has 368 valence electrons. The Morgan fingerprint density at radius 3 is 2.50 bits per heavy atom. The minimum absolute atomic E-state index is 0.0221. The van der Waals surface area contributed by atoms with Crippen LogP contribution in [0.3, 0.4) is 0 Å². The first-order valence-electron chi connectivity index (χ1n) is 22.9. The molecule has 20 nitrogen and oxygen atoms in total. The molecule has 0 aliphatic carbocycles. The number of aryl methyl sites for hydroxylation is 1. The Morgan fingerprint density at radius 1 is 1.01 bits per heavy atom. The van der Waals surface area contributed by atoms with Crippen molar-refractivity contribution in [3.63, 3.8) is 0 Å². The second-order valence-electron chi connectivity index (χ2n) is 18.6. The zero-order valence-electron chi connectivity index (χ0n) is 37.9. The number of piperidine rings is 2. The fourth-order valence-corrected chi connectivity index (χ4v) is 11.5. The number of hydrogen-bond donors (Lipinski definition) is 3. The van der Waals surface area contributed by atoms with E-state index in [-0.39, 0.29) is 100.0 Å². The molecule has 5 aliphatic rings. The Balaban J connectivity index is 0.755. The van der Waals surface area contributed by atoms with Gasteiger partial charge in [-0.1, -0.05) is 0 Å². The van der Waals surface area contributed by atoms with Crippen molar-refractivity contribution in [2.75, 3.05) is 66.9 Å². The number of ether oxygens (including phenoxy) is 2. The number of imide groups is 1. The molecule has 24 heteroatoms. The average Bonchev–Trinajstić information content (AvgIpc) is 4.05. The summed E-state index contributed by atoms with van der Waals surface area (Å²) in [6, 6.07) is 10.0. The topological polar surface area (TPSA) is 238 Å². The van der Waals surface area contributed by atoms with Crippen LogP contribution in [0.5, 0.6) is 11.5 Å². The number of carbonyl (C=O) groups is 3. The lowest BCUT2D eigenvalue weighted by Gasteiger charge is -2.42. The van der Waals surface area contributed by atoms with Gasteiger partial charge in [0.15, 0.2) is 17.4 Å². The number of amides is 4. The minimum atomic E-state index is -4.27. The lowest BCUT2D eigenvalue weighted by molar-refractivity contribution is -0.142. The Labute approximate surface area is 398 Å². The fraction of sp³-hybridized carbons (Fsp3) is 0.457. The zero-order chi connectivity index (χ0) is 49.3. The van der Waals surface area contributed by atoms with E-state index in [1.54, 1.807) is 28.8 Å². The number of anilines is 3. The molecule has 2 atom stereocenters. The minimum Gasteiger partial charge on any atom is -0.453 e. The third kappa shape index (κ3) is 8.75. The Kier molecular flexibility index (Phi) is 12.0. The van der Waals surface area contributed by atoms with Crippen LogP contribution in [-0.4, -0.2) is 130 Å². The maximum atomic E-state index is 15.7. The van der Waals surface area contributed by atoms with E-state index < -0.39 is 74.1 Å². The van der Waals surface area contributed by atoms with Gasteiger partial charge in [0.25, 0.3) is 5.56 Å². The van der Waals surface area contributed by atoms with Crippen molar-refractivity contribution < 1.29 is 50.6 Å². The van der Waals surface area contributed by atoms with Gasteiger partial charge in [0.05, 0.1) is 64.4 Å². The molecular weight excluding hydrogens is 940 g/mol. The molecule has 3 N–H and O–H groups in total. The molecule has 5 fully saturated rings. The maximum absolute atomic E-state index is 15.7. The molecule has 0 unspecified atom stereocenters. The summed E-state index contributed by atoms with van der Waals surface area (Å²) in [6.07, 6.45) is 1.98. The van der Waals surface area contributed by atoms with E-state index in [2.05, 4.69) is 20.1 Å². The number of aromatic nitrogens is 4. The lowest BCUT2D eigenvalue weighted by atomic mass is 9.85. The summed E-state index contributed by atoms with van der Waals surface area (Å²) >= 11 is 0. The number of urea groups is 1. The molecule has 5 saturated heterocycles. The molecule has 5 aromatic rings. The van der Waals surface area contributed by atoms with Crippen molar-refractivity contribution in [2.45, 2.75) is 74.8 Å². The molecule has 0 bridgehead atoms. The highest BCUT2D eigenvalue weighted by Crippen LogP contribution is 2.42. The molecule has 3 aromatic carbocycles. The fourth-order valence-electron chi connectivity index (χ4n) is 10.2. The number of fused-ring (bicyclic) bond motifs is 2. The average molecular weight is 988 g/mol. The Morgan fingerprint density at radius 2 is 1.79 bits per heavy atom. The predicted molar refractivity (Wildman–Crippen MR) is 246 cm³/mol. The first kappa shape index (κ1) is 46.9. The van der Waals surface area contributed by atoms with Gasteiger partial charge < -0.3 is 24.4 Å². The summed E-state index contributed by atoms with van der Waals surface area (Å²) in [6.45, 7) is 1.20. The van der Waals surface area contributed by atoms with Crippen molar-refractivity contribution in [3.8, 4) is 17.6 Å². The molecule has 5 aliphatic heterocycles. The quantitative estimate of drug-likeness (QED) is 0.179. The third-order valence-electron chi connectivity index (χ3n) is 14.2. The van der Waals surface area contributed by atoms with E-state index in [0.717, 1.165) is 16.4 Å². The van der Waals surface area contributed by atoms with Gasteiger partial charge in [-0.2, -0.15) is 23.1 Å². The van der Waals surface area contributed by atoms with Crippen molar-refractivity contribution in [3.05, 3.63) is 76.3 Å². The number of nitrogens with one attached hydrogen (secondary N) is 2. The van der Waals surface area contributed by atoms with Crippen LogP contribution in [0, 0.1) is 23.0 Å².